The molecule has 2 rings (SSSR count). The Morgan fingerprint density at radius 1 is 1.05 bits per heavy atom. The average Bonchev–Trinajstić information content (AvgIpc) is 2.47. The normalized spacial score (nSPS) is 9.91. The number of esters is 1. The molecule has 0 fully saturated rings. The molecular formula is C16H15FN2O3. The van der Waals surface area contributed by atoms with Gasteiger partial charge in [0.1, 0.15) is 5.82 Å². The van der Waals surface area contributed by atoms with Gasteiger partial charge in [-0.15, -0.1) is 0 Å². The maximum Gasteiger partial charge on any atom is 0.338 e. The van der Waals surface area contributed by atoms with E-state index in [0.29, 0.717) is 16.9 Å². The van der Waals surface area contributed by atoms with E-state index in [1.54, 1.807) is 31.2 Å². The molecule has 114 valence electrons. The Morgan fingerprint density at radius 3 is 2.32 bits per heavy atom. The van der Waals surface area contributed by atoms with Gasteiger partial charge in [0.15, 0.2) is 0 Å². The van der Waals surface area contributed by atoms with Crippen LogP contribution in [-0.2, 0) is 4.74 Å². The first-order valence-corrected chi connectivity index (χ1v) is 6.69. The first kappa shape index (κ1) is 15.5. The molecule has 0 saturated heterocycles. The molecule has 22 heavy (non-hydrogen) atoms. The van der Waals surface area contributed by atoms with Gasteiger partial charge in [0, 0.05) is 11.4 Å². The summed E-state index contributed by atoms with van der Waals surface area (Å²) >= 11 is 0. The topological polar surface area (TPSA) is 67.4 Å². The molecule has 6 heteroatoms. The molecule has 2 N–H and O–H groups in total. The molecular weight excluding hydrogens is 287 g/mol. The van der Waals surface area contributed by atoms with Crippen LogP contribution >= 0.6 is 0 Å². The van der Waals surface area contributed by atoms with Crippen molar-refractivity contribution in [3.8, 4) is 0 Å². The highest BCUT2D eigenvalue weighted by Gasteiger charge is 2.08. The van der Waals surface area contributed by atoms with Crippen LogP contribution in [0.4, 0.5) is 20.6 Å². The molecule has 0 atom stereocenters. The third kappa shape index (κ3) is 4.31. The van der Waals surface area contributed by atoms with E-state index in [0.717, 1.165) is 0 Å². The van der Waals surface area contributed by atoms with E-state index in [1.807, 2.05) is 0 Å². The summed E-state index contributed by atoms with van der Waals surface area (Å²) in [5.74, 6) is -0.904. The van der Waals surface area contributed by atoms with Crippen molar-refractivity contribution in [3.05, 3.63) is 59.9 Å². The Labute approximate surface area is 127 Å². The Morgan fingerprint density at radius 2 is 1.68 bits per heavy atom. The summed E-state index contributed by atoms with van der Waals surface area (Å²) in [5, 5.41) is 5.07. The van der Waals surface area contributed by atoms with Crippen LogP contribution in [0.3, 0.4) is 0 Å². The summed E-state index contributed by atoms with van der Waals surface area (Å²) in [6, 6.07) is 11.4. The lowest BCUT2D eigenvalue weighted by Crippen LogP contribution is -2.19. The van der Waals surface area contributed by atoms with Gasteiger partial charge in [-0.25, -0.2) is 14.0 Å². The van der Waals surface area contributed by atoms with E-state index in [-0.39, 0.29) is 6.61 Å². The Hall–Kier alpha value is -2.89. The zero-order chi connectivity index (χ0) is 15.9. The molecule has 0 aliphatic rings. The minimum Gasteiger partial charge on any atom is -0.462 e. The summed E-state index contributed by atoms with van der Waals surface area (Å²) in [4.78, 5) is 23.5. The lowest BCUT2D eigenvalue weighted by Gasteiger charge is -2.09. The van der Waals surface area contributed by atoms with Crippen molar-refractivity contribution in [2.45, 2.75) is 6.92 Å². The second-order valence-corrected chi connectivity index (χ2v) is 4.39. The van der Waals surface area contributed by atoms with Gasteiger partial charge in [-0.2, -0.15) is 0 Å². The smallest absolute Gasteiger partial charge is 0.338 e. The summed E-state index contributed by atoms with van der Waals surface area (Å²) in [6.07, 6.45) is 0. The molecule has 0 aromatic heterocycles. The van der Waals surface area contributed by atoms with Crippen LogP contribution in [0.5, 0.6) is 0 Å². The van der Waals surface area contributed by atoms with E-state index in [1.165, 1.54) is 24.3 Å². The average molecular weight is 302 g/mol. The van der Waals surface area contributed by atoms with Gasteiger partial charge in [0.2, 0.25) is 0 Å². The molecule has 0 radical (unpaired) electrons. The van der Waals surface area contributed by atoms with Crippen LogP contribution in [0.25, 0.3) is 0 Å². The van der Waals surface area contributed by atoms with Crippen LogP contribution in [-0.4, -0.2) is 18.6 Å². The summed E-state index contributed by atoms with van der Waals surface area (Å²) < 4.78 is 17.9. The number of ether oxygens (including phenoxy) is 1. The fraction of sp³-hybridized carbons (Fsp3) is 0.125. The zero-order valence-corrected chi connectivity index (χ0v) is 11.9. The molecule has 5 nitrogen and oxygen atoms in total. The second kappa shape index (κ2) is 7.21. The predicted octanol–water partition coefficient (Wildman–Crippen LogP) is 3.65. The van der Waals surface area contributed by atoms with Gasteiger partial charge in [0.25, 0.3) is 0 Å². The van der Waals surface area contributed by atoms with Crippen LogP contribution in [0.15, 0.2) is 48.5 Å². The molecule has 2 aromatic carbocycles. The third-order valence-corrected chi connectivity index (χ3v) is 2.71. The first-order valence-electron chi connectivity index (χ1n) is 6.69. The first-order chi connectivity index (χ1) is 10.6. The van der Waals surface area contributed by atoms with Gasteiger partial charge in [-0.05, 0) is 43.3 Å². The highest BCUT2D eigenvalue weighted by atomic mass is 19.1. The highest BCUT2D eigenvalue weighted by molar-refractivity contribution is 6.00. The maximum atomic E-state index is 13.0. The number of hydrogen-bond donors (Lipinski definition) is 2. The Balaban J connectivity index is 2.02. The molecule has 0 heterocycles. The number of urea groups is 1. The van der Waals surface area contributed by atoms with Gasteiger partial charge in [-0.3, -0.25) is 0 Å². The fourth-order valence-electron chi connectivity index (χ4n) is 1.80. The number of rotatable bonds is 4. The number of carbonyl (C=O) groups is 2. The van der Waals surface area contributed by atoms with E-state index >= 15 is 0 Å². The van der Waals surface area contributed by atoms with E-state index in [2.05, 4.69) is 10.6 Å². The number of carbonyl (C=O) groups excluding carboxylic acids is 2. The van der Waals surface area contributed by atoms with Crippen molar-refractivity contribution in [2.24, 2.45) is 0 Å². The lowest BCUT2D eigenvalue weighted by atomic mass is 10.2. The number of halogens is 1. The fourth-order valence-corrected chi connectivity index (χ4v) is 1.80. The number of benzene rings is 2. The SMILES string of the molecule is CCOC(=O)c1cccc(NC(=O)Nc2cccc(F)c2)c1. The highest BCUT2D eigenvalue weighted by Crippen LogP contribution is 2.13. The van der Waals surface area contributed by atoms with E-state index in [9.17, 15) is 14.0 Å². The molecule has 0 aliphatic carbocycles. The molecule has 0 saturated carbocycles. The Kier molecular flexibility index (Phi) is 5.08. The predicted molar refractivity (Wildman–Crippen MR) is 81.4 cm³/mol. The summed E-state index contributed by atoms with van der Waals surface area (Å²) in [6.45, 7) is 1.99. The van der Waals surface area contributed by atoms with Crippen molar-refractivity contribution in [1.82, 2.24) is 0 Å². The molecule has 0 spiro atoms. The molecule has 2 amide bonds. The van der Waals surface area contributed by atoms with Crippen molar-refractivity contribution in [3.63, 3.8) is 0 Å². The van der Waals surface area contributed by atoms with Crippen LogP contribution in [0.1, 0.15) is 17.3 Å². The number of amides is 2. The monoisotopic (exact) mass is 302 g/mol. The van der Waals surface area contributed by atoms with E-state index < -0.39 is 17.8 Å². The van der Waals surface area contributed by atoms with Crippen molar-refractivity contribution >= 4 is 23.4 Å². The minimum atomic E-state index is -0.536. The standard InChI is InChI=1S/C16H15FN2O3/c1-2-22-15(20)11-5-3-7-13(9-11)18-16(21)19-14-8-4-6-12(17)10-14/h3-10H,2H2,1H3,(H2,18,19,21). The van der Waals surface area contributed by atoms with Gasteiger partial charge >= 0.3 is 12.0 Å². The number of anilines is 2. The van der Waals surface area contributed by atoms with Gasteiger partial charge < -0.3 is 15.4 Å². The van der Waals surface area contributed by atoms with Crippen molar-refractivity contribution < 1.29 is 18.7 Å². The molecule has 0 aliphatic heterocycles. The van der Waals surface area contributed by atoms with Gasteiger partial charge in [0.05, 0.1) is 12.2 Å². The van der Waals surface area contributed by atoms with Crippen LogP contribution in [0.2, 0.25) is 0 Å². The summed E-state index contributed by atoms with van der Waals surface area (Å²) in [5.41, 5.74) is 1.10. The Bertz CT molecular complexity index is 689. The van der Waals surface area contributed by atoms with Crippen molar-refractivity contribution in [1.29, 1.82) is 0 Å². The third-order valence-electron chi connectivity index (χ3n) is 2.71. The summed E-state index contributed by atoms with van der Waals surface area (Å²) in [7, 11) is 0. The quantitative estimate of drug-likeness (QED) is 0.847. The largest absolute Gasteiger partial charge is 0.462 e. The van der Waals surface area contributed by atoms with Crippen LogP contribution < -0.4 is 10.6 Å². The van der Waals surface area contributed by atoms with E-state index in [4.69, 9.17) is 4.74 Å². The zero-order valence-electron chi connectivity index (χ0n) is 11.9. The number of hydrogen-bond acceptors (Lipinski definition) is 3. The molecule has 2 aromatic rings. The minimum absolute atomic E-state index is 0.274. The molecule has 0 bridgehead atoms. The van der Waals surface area contributed by atoms with Crippen molar-refractivity contribution in [2.75, 3.05) is 17.2 Å². The lowest BCUT2D eigenvalue weighted by molar-refractivity contribution is 0.0526. The molecule has 0 unspecified atom stereocenters. The maximum absolute atomic E-state index is 13.0. The van der Waals surface area contributed by atoms with Crippen LogP contribution in [0, 0.1) is 5.82 Å². The number of nitrogens with one attached hydrogen (secondary N) is 2. The second-order valence-electron chi connectivity index (χ2n) is 4.39. The van der Waals surface area contributed by atoms with Gasteiger partial charge in [-0.1, -0.05) is 12.1 Å².